The Labute approximate surface area is 184 Å². The molecule has 0 bridgehead atoms. The Morgan fingerprint density at radius 2 is 1.87 bits per heavy atom. The van der Waals surface area contributed by atoms with Gasteiger partial charge in [0.2, 0.25) is 0 Å². The molecule has 2 amide bonds. The van der Waals surface area contributed by atoms with Gasteiger partial charge in [0.15, 0.2) is 0 Å². The van der Waals surface area contributed by atoms with Crippen LogP contribution in [0.2, 0.25) is 5.02 Å². The fraction of sp³-hybridized carbons (Fsp3) is 0.261. The zero-order valence-corrected chi connectivity index (χ0v) is 18.0. The number of fused-ring (bicyclic) bond motifs is 1. The van der Waals surface area contributed by atoms with E-state index in [1.165, 1.54) is 4.90 Å². The van der Waals surface area contributed by atoms with Gasteiger partial charge in [0, 0.05) is 42.2 Å². The van der Waals surface area contributed by atoms with Gasteiger partial charge in [-0.25, -0.2) is 9.78 Å². The SMILES string of the molecule is COc1ccc(-c2cc(Cl)c3ccc(C(=O)N4CCN(C(=O)O)C(C)C4)cc3n2)cc1. The number of halogens is 1. The van der Waals surface area contributed by atoms with Crippen molar-refractivity contribution in [3.63, 3.8) is 0 Å². The molecule has 0 radical (unpaired) electrons. The van der Waals surface area contributed by atoms with Gasteiger partial charge < -0.3 is 19.6 Å². The Morgan fingerprint density at radius 3 is 2.52 bits per heavy atom. The number of rotatable bonds is 3. The molecule has 1 aromatic heterocycles. The molecule has 1 saturated heterocycles. The summed E-state index contributed by atoms with van der Waals surface area (Å²) < 4.78 is 5.20. The molecule has 7 nitrogen and oxygen atoms in total. The molecule has 0 saturated carbocycles. The third-order valence-electron chi connectivity index (χ3n) is 5.55. The van der Waals surface area contributed by atoms with Crippen molar-refractivity contribution in [2.24, 2.45) is 0 Å². The number of methoxy groups -OCH3 is 1. The molecule has 1 unspecified atom stereocenters. The summed E-state index contributed by atoms with van der Waals surface area (Å²) in [7, 11) is 1.61. The highest BCUT2D eigenvalue weighted by molar-refractivity contribution is 6.35. The van der Waals surface area contributed by atoms with Gasteiger partial charge in [-0.3, -0.25) is 4.79 Å². The van der Waals surface area contributed by atoms with Crippen LogP contribution in [0.3, 0.4) is 0 Å². The van der Waals surface area contributed by atoms with Gasteiger partial charge in [0.05, 0.1) is 23.3 Å². The normalized spacial score (nSPS) is 16.4. The Hall–Kier alpha value is -3.32. The Bertz CT molecular complexity index is 1150. The van der Waals surface area contributed by atoms with Crippen molar-refractivity contribution >= 4 is 34.5 Å². The van der Waals surface area contributed by atoms with Gasteiger partial charge in [-0.05, 0) is 49.4 Å². The van der Waals surface area contributed by atoms with Crippen molar-refractivity contribution in [1.82, 2.24) is 14.8 Å². The van der Waals surface area contributed by atoms with E-state index in [1.807, 2.05) is 24.3 Å². The number of carbonyl (C=O) groups is 2. The Kier molecular flexibility index (Phi) is 5.69. The van der Waals surface area contributed by atoms with Crippen LogP contribution >= 0.6 is 11.6 Å². The van der Waals surface area contributed by atoms with Gasteiger partial charge in [-0.15, -0.1) is 0 Å². The lowest BCUT2D eigenvalue weighted by Gasteiger charge is -2.38. The monoisotopic (exact) mass is 439 g/mol. The fourth-order valence-electron chi connectivity index (χ4n) is 3.84. The van der Waals surface area contributed by atoms with Crippen LogP contribution in [-0.4, -0.2) is 64.7 Å². The molecule has 1 N–H and O–H groups in total. The number of nitrogens with zero attached hydrogens (tertiary/aromatic N) is 3. The molecule has 1 aliphatic rings. The molecule has 1 aliphatic heterocycles. The second-order valence-electron chi connectivity index (χ2n) is 7.53. The minimum Gasteiger partial charge on any atom is -0.497 e. The summed E-state index contributed by atoms with van der Waals surface area (Å²) in [5, 5.41) is 10.6. The quantitative estimate of drug-likeness (QED) is 0.654. The molecule has 4 rings (SSSR count). The van der Waals surface area contributed by atoms with Crippen molar-refractivity contribution in [3.05, 3.63) is 59.1 Å². The molecule has 3 aromatic rings. The average Bonchev–Trinajstić information content (AvgIpc) is 2.77. The highest BCUT2D eigenvalue weighted by Crippen LogP contribution is 2.30. The van der Waals surface area contributed by atoms with E-state index in [-0.39, 0.29) is 11.9 Å². The standard InChI is InChI=1S/C23H22ClN3O4/c1-14-13-26(9-10-27(14)23(29)30)22(28)16-5-8-18-19(24)12-20(25-21(18)11-16)15-3-6-17(31-2)7-4-15/h3-8,11-12,14H,9-10,13H2,1-2H3,(H,29,30). The number of pyridine rings is 1. The number of ether oxygens (including phenoxy) is 1. The largest absolute Gasteiger partial charge is 0.497 e. The van der Waals surface area contributed by atoms with Crippen LogP contribution in [0, 0.1) is 0 Å². The lowest BCUT2D eigenvalue weighted by atomic mass is 10.1. The molecule has 1 atom stereocenters. The van der Waals surface area contributed by atoms with E-state index in [4.69, 9.17) is 21.3 Å². The Morgan fingerprint density at radius 1 is 1.13 bits per heavy atom. The number of carboxylic acid groups (broad SMARTS) is 1. The van der Waals surface area contributed by atoms with Crippen molar-refractivity contribution < 1.29 is 19.4 Å². The first-order valence-electron chi connectivity index (χ1n) is 9.91. The number of piperazine rings is 1. The van der Waals surface area contributed by atoms with Crippen molar-refractivity contribution in [2.45, 2.75) is 13.0 Å². The predicted octanol–water partition coefficient (Wildman–Crippen LogP) is 4.39. The van der Waals surface area contributed by atoms with Crippen molar-refractivity contribution in [3.8, 4) is 17.0 Å². The molecule has 2 heterocycles. The van der Waals surface area contributed by atoms with Crippen molar-refractivity contribution in [2.75, 3.05) is 26.7 Å². The highest BCUT2D eigenvalue weighted by Gasteiger charge is 2.30. The molecule has 160 valence electrons. The maximum Gasteiger partial charge on any atom is 0.407 e. The van der Waals surface area contributed by atoms with E-state index in [1.54, 1.807) is 43.2 Å². The number of hydrogen-bond acceptors (Lipinski definition) is 4. The molecular formula is C23H22ClN3O4. The maximum atomic E-state index is 13.1. The number of carbonyl (C=O) groups excluding carboxylic acids is 1. The molecule has 2 aromatic carbocycles. The summed E-state index contributed by atoms with van der Waals surface area (Å²) in [6.07, 6.45) is -0.963. The number of amides is 2. The van der Waals surface area contributed by atoms with Crippen LogP contribution in [0.15, 0.2) is 48.5 Å². The van der Waals surface area contributed by atoms with E-state index >= 15 is 0 Å². The lowest BCUT2D eigenvalue weighted by Crippen LogP contribution is -2.55. The first kappa shape index (κ1) is 20.9. The third-order valence-corrected chi connectivity index (χ3v) is 5.87. The maximum absolute atomic E-state index is 13.1. The van der Waals surface area contributed by atoms with Gasteiger partial charge in [-0.2, -0.15) is 0 Å². The van der Waals surface area contributed by atoms with E-state index in [0.717, 1.165) is 16.7 Å². The highest BCUT2D eigenvalue weighted by atomic mass is 35.5. The molecule has 8 heteroatoms. The molecule has 0 spiro atoms. The molecule has 1 fully saturated rings. The number of benzene rings is 2. The van der Waals surface area contributed by atoms with E-state index in [0.29, 0.717) is 41.4 Å². The zero-order valence-electron chi connectivity index (χ0n) is 17.2. The summed E-state index contributed by atoms with van der Waals surface area (Å²) in [6.45, 7) is 2.80. The van der Waals surface area contributed by atoms with Crippen LogP contribution in [0.25, 0.3) is 22.2 Å². The van der Waals surface area contributed by atoms with Gasteiger partial charge >= 0.3 is 6.09 Å². The summed E-state index contributed by atoms with van der Waals surface area (Å²) in [6, 6.07) is 14.3. The Balaban J connectivity index is 1.63. The topological polar surface area (TPSA) is 83.0 Å². The third kappa shape index (κ3) is 4.14. The number of hydrogen-bond donors (Lipinski definition) is 1. The van der Waals surface area contributed by atoms with Gasteiger partial charge in [0.25, 0.3) is 5.91 Å². The van der Waals surface area contributed by atoms with Gasteiger partial charge in [-0.1, -0.05) is 17.7 Å². The smallest absolute Gasteiger partial charge is 0.407 e. The molecule has 0 aliphatic carbocycles. The summed E-state index contributed by atoms with van der Waals surface area (Å²) in [4.78, 5) is 32.1. The second-order valence-corrected chi connectivity index (χ2v) is 7.93. The first-order chi connectivity index (χ1) is 14.9. The summed E-state index contributed by atoms with van der Waals surface area (Å²) >= 11 is 6.49. The fourth-order valence-corrected chi connectivity index (χ4v) is 4.10. The van der Waals surface area contributed by atoms with Crippen LogP contribution in [0.1, 0.15) is 17.3 Å². The molecule has 31 heavy (non-hydrogen) atoms. The average molecular weight is 440 g/mol. The number of aromatic nitrogens is 1. The van der Waals surface area contributed by atoms with Crippen LogP contribution < -0.4 is 4.74 Å². The minimum absolute atomic E-state index is 0.147. The minimum atomic E-state index is -0.963. The lowest BCUT2D eigenvalue weighted by molar-refractivity contribution is 0.0507. The van der Waals surface area contributed by atoms with E-state index in [9.17, 15) is 14.7 Å². The predicted molar refractivity (Wildman–Crippen MR) is 119 cm³/mol. The second kappa shape index (κ2) is 8.43. The van der Waals surface area contributed by atoms with Gasteiger partial charge in [0.1, 0.15) is 5.75 Å². The summed E-state index contributed by atoms with van der Waals surface area (Å²) in [5.41, 5.74) is 2.72. The van der Waals surface area contributed by atoms with Crippen molar-refractivity contribution in [1.29, 1.82) is 0 Å². The van der Waals surface area contributed by atoms with Crippen LogP contribution in [0.4, 0.5) is 4.79 Å². The molecular weight excluding hydrogens is 418 g/mol. The summed E-state index contributed by atoms with van der Waals surface area (Å²) in [5.74, 6) is 0.604. The first-order valence-corrected chi connectivity index (χ1v) is 10.3. The van der Waals surface area contributed by atoms with Crippen LogP contribution in [0.5, 0.6) is 5.75 Å². The van der Waals surface area contributed by atoms with E-state index in [2.05, 4.69) is 0 Å². The zero-order chi connectivity index (χ0) is 22.1. The van der Waals surface area contributed by atoms with E-state index < -0.39 is 6.09 Å². The van der Waals surface area contributed by atoms with Crippen LogP contribution in [-0.2, 0) is 0 Å².